The second kappa shape index (κ2) is 9.22. The van der Waals surface area contributed by atoms with E-state index < -0.39 is 0 Å². The van der Waals surface area contributed by atoms with Crippen molar-refractivity contribution < 1.29 is 14.3 Å². The summed E-state index contributed by atoms with van der Waals surface area (Å²) < 4.78 is 10.4. The van der Waals surface area contributed by atoms with Crippen LogP contribution in [-0.2, 0) is 9.53 Å². The van der Waals surface area contributed by atoms with Gasteiger partial charge in [0.25, 0.3) is 0 Å². The fourth-order valence-electron chi connectivity index (χ4n) is 1.56. The van der Waals surface area contributed by atoms with Gasteiger partial charge in [-0.15, -0.1) is 0 Å². The molecule has 0 radical (unpaired) electrons. The Hall–Kier alpha value is -1.75. The average molecular weight is 266 g/mol. The van der Waals surface area contributed by atoms with Crippen molar-refractivity contribution in [2.24, 2.45) is 0 Å². The molecule has 0 aliphatic carbocycles. The van der Waals surface area contributed by atoms with E-state index in [4.69, 9.17) is 15.2 Å². The van der Waals surface area contributed by atoms with E-state index in [1.165, 1.54) is 0 Å². The second-order valence-electron chi connectivity index (χ2n) is 4.19. The number of rotatable bonds is 9. The molecule has 1 aromatic rings. The standard InChI is InChI=1S/C14H22N2O3/c1-18-10-5-9-16-14(17)8-4-11-19-13-7-3-2-6-12(13)15/h2-3,6-7H,4-5,8-11,15H2,1H3,(H,16,17). The van der Waals surface area contributed by atoms with Gasteiger partial charge in [-0.1, -0.05) is 12.1 Å². The molecular weight excluding hydrogens is 244 g/mol. The van der Waals surface area contributed by atoms with Crippen molar-refractivity contribution in [1.29, 1.82) is 0 Å². The third kappa shape index (κ3) is 6.67. The predicted molar refractivity (Wildman–Crippen MR) is 75.1 cm³/mol. The number of benzene rings is 1. The molecule has 19 heavy (non-hydrogen) atoms. The Morgan fingerprint density at radius 1 is 1.26 bits per heavy atom. The molecule has 1 rings (SSSR count). The Labute approximate surface area is 114 Å². The Bertz CT molecular complexity index is 383. The quantitative estimate of drug-likeness (QED) is 0.526. The number of carbonyl (C=O) groups excluding carboxylic acids is 1. The molecular formula is C14H22N2O3. The lowest BCUT2D eigenvalue weighted by atomic mass is 10.3. The summed E-state index contributed by atoms with van der Waals surface area (Å²) in [5, 5.41) is 2.83. The molecule has 0 bridgehead atoms. The Kier molecular flexibility index (Phi) is 7.43. The molecule has 1 aromatic carbocycles. The number of nitrogens with one attached hydrogen (secondary N) is 1. The fraction of sp³-hybridized carbons (Fsp3) is 0.500. The van der Waals surface area contributed by atoms with Crippen molar-refractivity contribution in [3.8, 4) is 5.75 Å². The van der Waals surface area contributed by atoms with Gasteiger partial charge in [0.2, 0.25) is 5.91 Å². The van der Waals surface area contributed by atoms with E-state index in [-0.39, 0.29) is 5.91 Å². The minimum Gasteiger partial charge on any atom is -0.491 e. The molecule has 0 saturated heterocycles. The van der Waals surface area contributed by atoms with E-state index in [1.807, 2.05) is 18.2 Å². The molecule has 106 valence electrons. The van der Waals surface area contributed by atoms with Crippen LogP contribution in [0.2, 0.25) is 0 Å². The van der Waals surface area contributed by atoms with Gasteiger partial charge in [-0.05, 0) is 25.0 Å². The summed E-state index contributed by atoms with van der Waals surface area (Å²) in [5.74, 6) is 0.712. The summed E-state index contributed by atoms with van der Waals surface area (Å²) in [6.07, 6.45) is 1.96. The second-order valence-corrected chi connectivity index (χ2v) is 4.19. The zero-order valence-electron chi connectivity index (χ0n) is 11.4. The highest BCUT2D eigenvalue weighted by Crippen LogP contribution is 2.19. The first-order valence-electron chi connectivity index (χ1n) is 6.47. The number of nitrogens with two attached hydrogens (primary N) is 1. The van der Waals surface area contributed by atoms with Gasteiger partial charge in [0.1, 0.15) is 5.75 Å². The molecule has 0 spiro atoms. The van der Waals surface area contributed by atoms with Crippen molar-refractivity contribution in [1.82, 2.24) is 5.32 Å². The third-order valence-electron chi connectivity index (χ3n) is 2.57. The number of nitrogen functional groups attached to an aromatic ring is 1. The van der Waals surface area contributed by atoms with Crippen LogP contribution >= 0.6 is 0 Å². The number of carbonyl (C=O) groups is 1. The molecule has 0 saturated carbocycles. The van der Waals surface area contributed by atoms with Crippen molar-refractivity contribution in [3.63, 3.8) is 0 Å². The number of para-hydroxylation sites is 2. The lowest BCUT2D eigenvalue weighted by Crippen LogP contribution is -2.25. The summed E-state index contributed by atoms with van der Waals surface area (Å²) in [5.41, 5.74) is 6.36. The SMILES string of the molecule is COCCCNC(=O)CCCOc1ccccc1N. The monoisotopic (exact) mass is 266 g/mol. The lowest BCUT2D eigenvalue weighted by molar-refractivity contribution is -0.121. The minimum absolute atomic E-state index is 0.0423. The molecule has 0 aromatic heterocycles. The van der Waals surface area contributed by atoms with Gasteiger partial charge < -0.3 is 20.5 Å². The van der Waals surface area contributed by atoms with Gasteiger partial charge in [0.15, 0.2) is 0 Å². The fourth-order valence-corrected chi connectivity index (χ4v) is 1.56. The number of hydrogen-bond acceptors (Lipinski definition) is 4. The van der Waals surface area contributed by atoms with Gasteiger partial charge in [-0.25, -0.2) is 0 Å². The number of hydrogen-bond donors (Lipinski definition) is 2. The van der Waals surface area contributed by atoms with Crippen LogP contribution in [0.4, 0.5) is 5.69 Å². The summed E-state index contributed by atoms with van der Waals surface area (Å²) in [6.45, 7) is 1.80. The minimum atomic E-state index is 0.0423. The third-order valence-corrected chi connectivity index (χ3v) is 2.57. The smallest absolute Gasteiger partial charge is 0.220 e. The maximum absolute atomic E-state index is 11.5. The molecule has 3 N–H and O–H groups in total. The maximum Gasteiger partial charge on any atom is 0.220 e. The first-order valence-corrected chi connectivity index (χ1v) is 6.47. The normalized spacial score (nSPS) is 10.2. The number of methoxy groups -OCH3 is 1. The van der Waals surface area contributed by atoms with E-state index in [0.717, 1.165) is 6.42 Å². The molecule has 0 aliphatic heterocycles. The van der Waals surface area contributed by atoms with Crippen LogP contribution in [0.5, 0.6) is 5.75 Å². The molecule has 0 unspecified atom stereocenters. The van der Waals surface area contributed by atoms with Gasteiger partial charge in [0.05, 0.1) is 12.3 Å². The van der Waals surface area contributed by atoms with Crippen molar-refractivity contribution in [2.75, 3.05) is 32.6 Å². The number of anilines is 1. The van der Waals surface area contributed by atoms with Crippen LogP contribution in [0, 0.1) is 0 Å². The summed E-state index contributed by atoms with van der Waals surface area (Å²) in [4.78, 5) is 11.5. The summed E-state index contributed by atoms with van der Waals surface area (Å²) in [6, 6.07) is 7.34. The molecule has 5 nitrogen and oxygen atoms in total. The molecule has 0 aliphatic rings. The van der Waals surface area contributed by atoms with Crippen LogP contribution in [0.15, 0.2) is 24.3 Å². The molecule has 0 heterocycles. The van der Waals surface area contributed by atoms with Crippen molar-refractivity contribution >= 4 is 11.6 Å². The summed E-state index contributed by atoms with van der Waals surface area (Å²) in [7, 11) is 1.65. The summed E-state index contributed by atoms with van der Waals surface area (Å²) >= 11 is 0. The largest absolute Gasteiger partial charge is 0.491 e. The van der Waals surface area contributed by atoms with Crippen molar-refractivity contribution in [3.05, 3.63) is 24.3 Å². The van der Waals surface area contributed by atoms with Crippen LogP contribution in [0.3, 0.4) is 0 Å². The van der Waals surface area contributed by atoms with E-state index in [9.17, 15) is 4.79 Å². The highest BCUT2D eigenvalue weighted by atomic mass is 16.5. The zero-order chi connectivity index (χ0) is 13.9. The highest BCUT2D eigenvalue weighted by molar-refractivity contribution is 5.75. The van der Waals surface area contributed by atoms with Gasteiger partial charge >= 0.3 is 0 Å². The Morgan fingerprint density at radius 3 is 2.79 bits per heavy atom. The maximum atomic E-state index is 11.5. The van der Waals surface area contributed by atoms with Crippen LogP contribution < -0.4 is 15.8 Å². The van der Waals surface area contributed by atoms with Gasteiger partial charge in [-0.3, -0.25) is 4.79 Å². The Balaban J connectivity index is 2.07. The van der Waals surface area contributed by atoms with Crippen LogP contribution in [0.1, 0.15) is 19.3 Å². The van der Waals surface area contributed by atoms with Crippen molar-refractivity contribution in [2.45, 2.75) is 19.3 Å². The van der Waals surface area contributed by atoms with E-state index in [2.05, 4.69) is 5.32 Å². The zero-order valence-corrected chi connectivity index (χ0v) is 11.4. The molecule has 0 fully saturated rings. The first kappa shape index (κ1) is 15.3. The number of amides is 1. The van der Waals surface area contributed by atoms with Crippen LogP contribution in [0.25, 0.3) is 0 Å². The van der Waals surface area contributed by atoms with Crippen LogP contribution in [-0.4, -0.2) is 32.8 Å². The van der Waals surface area contributed by atoms with E-state index in [1.54, 1.807) is 13.2 Å². The Morgan fingerprint density at radius 2 is 2.05 bits per heavy atom. The van der Waals surface area contributed by atoms with E-state index in [0.29, 0.717) is 44.0 Å². The van der Waals surface area contributed by atoms with Gasteiger partial charge in [0, 0.05) is 26.7 Å². The average Bonchev–Trinajstić information content (AvgIpc) is 2.41. The topological polar surface area (TPSA) is 73.6 Å². The van der Waals surface area contributed by atoms with Gasteiger partial charge in [-0.2, -0.15) is 0 Å². The molecule has 1 amide bonds. The lowest BCUT2D eigenvalue weighted by Gasteiger charge is -2.08. The predicted octanol–water partition coefficient (Wildman–Crippen LogP) is 1.58. The first-order chi connectivity index (χ1) is 9.24. The number of ether oxygens (including phenoxy) is 2. The molecule has 0 atom stereocenters. The highest BCUT2D eigenvalue weighted by Gasteiger charge is 2.02. The van der Waals surface area contributed by atoms with E-state index >= 15 is 0 Å². The molecule has 5 heteroatoms.